The molecule has 0 unspecified atom stereocenters. The summed E-state index contributed by atoms with van der Waals surface area (Å²) in [5, 5.41) is 9.19. The first-order chi connectivity index (χ1) is 11.2. The van der Waals surface area contributed by atoms with E-state index in [1.165, 1.54) is 10.4 Å². The Labute approximate surface area is 139 Å². The highest BCUT2D eigenvalue weighted by atomic mass is 32.1. The molecule has 0 aromatic carbocycles. The molecule has 1 N–H and O–H groups in total. The zero-order valence-electron chi connectivity index (χ0n) is 13.3. The second kappa shape index (κ2) is 7.56. The van der Waals surface area contributed by atoms with E-state index >= 15 is 0 Å². The minimum atomic E-state index is 0.0359. The van der Waals surface area contributed by atoms with Crippen molar-refractivity contribution in [2.75, 3.05) is 32.7 Å². The van der Waals surface area contributed by atoms with Crippen LogP contribution in [0, 0.1) is 6.92 Å². The Bertz CT molecular complexity index is 618. The number of hydrogen-bond donors (Lipinski definition) is 1. The van der Waals surface area contributed by atoms with E-state index in [4.69, 9.17) is 0 Å². The molecule has 1 fully saturated rings. The summed E-state index contributed by atoms with van der Waals surface area (Å²) < 4.78 is 1.84. The highest BCUT2D eigenvalue weighted by molar-refractivity contribution is 7.10. The van der Waals surface area contributed by atoms with E-state index in [1.54, 1.807) is 24.0 Å². The number of nitrogens with one attached hydrogen (secondary N) is 1. The first-order valence-electron chi connectivity index (χ1n) is 7.83. The van der Waals surface area contributed by atoms with Crippen LogP contribution in [0.1, 0.15) is 10.4 Å². The number of carbonyl (C=O) groups excluding carboxylic acids is 1. The number of rotatable bonds is 5. The fourth-order valence-corrected chi connectivity index (χ4v) is 3.47. The predicted octanol–water partition coefficient (Wildman–Crippen LogP) is 1.18. The molecule has 0 radical (unpaired) electrons. The van der Waals surface area contributed by atoms with E-state index in [2.05, 4.69) is 38.7 Å². The summed E-state index contributed by atoms with van der Waals surface area (Å²) in [6.45, 7) is 7.82. The number of urea groups is 1. The Balaban J connectivity index is 1.38. The highest BCUT2D eigenvalue weighted by Gasteiger charge is 2.20. The molecule has 0 spiro atoms. The molecule has 2 aromatic heterocycles. The molecule has 8 heteroatoms. The van der Waals surface area contributed by atoms with E-state index in [9.17, 15) is 4.79 Å². The van der Waals surface area contributed by atoms with Gasteiger partial charge in [-0.2, -0.15) is 5.10 Å². The normalized spacial score (nSPS) is 15.8. The fourth-order valence-electron chi connectivity index (χ4n) is 2.62. The average Bonchev–Trinajstić information content (AvgIpc) is 3.23. The van der Waals surface area contributed by atoms with Crippen LogP contribution in [0.2, 0.25) is 0 Å². The monoisotopic (exact) mass is 334 g/mol. The zero-order valence-corrected chi connectivity index (χ0v) is 14.1. The molecule has 2 aromatic rings. The third-order valence-electron chi connectivity index (χ3n) is 4.14. The lowest BCUT2D eigenvalue weighted by molar-refractivity contribution is 0.135. The van der Waals surface area contributed by atoms with Crippen LogP contribution in [-0.2, 0) is 13.1 Å². The SMILES string of the molecule is Cc1ccsc1CNC(=O)N1CCN(CCn2cncn2)CC1. The summed E-state index contributed by atoms with van der Waals surface area (Å²) in [4.78, 5) is 21.7. The van der Waals surface area contributed by atoms with Gasteiger partial charge in [0.05, 0.1) is 13.1 Å². The van der Waals surface area contributed by atoms with E-state index in [-0.39, 0.29) is 6.03 Å². The second-order valence-electron chi connectivity index (χ2n) is 5.67. The first kappa shape index (κ1) is 15.9. The quantitative estimate of drug-likeness (QED) is 0.891. The van der Waals surface area contributed by atoms with Gasteiger partial charge in [0.2, 0.25) is 0 Å². The van der Waals surface area contributed by atoms with Crippen LogP contribution in [-0.4, -0.2) is 63.3 Å². The molecule has 124 valence electrons. The van der Waals surface area contributed by atoms with Crippen molar-refractivity contribution < 1.29 is 4.79 Å². The molecule has 2 amide bonds. The van der Waals surface area contributed by atoms with Crippen molar-refractivity contribution >= 4 is 17.4 Å². The van der Waals surface area contributed by atoms with Gasteiger partial charge in [-0.05, 0) is 23.9 Å². The van der Waals surface area contributed by atoms with Gasteiger partial charge in [-0.1, -0.05) is 0 Å². The zero-order chi connectivity index (χ0) is 16.1. The molecular formula is C15H22N6OS. The Morgan fingerprint density at radius 1 is 1.30 bits per heavy atom. The summed E-state index contributed by atoms with van der Waals surface area (Å²) in [5.41, 5.74) is 1.24. The topological polar surface area (TPSA) is 66.3 Å². The van der Waals surface area contributed by atoms with E-state index in [0.717, 1.165) is 39.3 Å². The summed E-state index contributed by atoms with van der Waals surface area (Å²) >= 11 is 1.69. The van der Waals surface area contributed by atoms with Crippen LogP contribution in [0.25, 0.3) is 0 Å². The number of amides is 2. The van der Waals surface area contributed by atoms with Gasteiger partial charge in [-0.3, -0.25) is 9.58 Å². The molecule has 0 aliphatic carbocycles. The van der Waals surface area contributed by atoms with Gasteiger partial charge in [0, 0.05) is 37.6 Å². The van der Waals surface area contributed by atoms with E-state index < -0.39 is 0 Å². The van der Waals surface area contributed by atoms with Gasteiger partial charge in [0.25, 0.3) is 0 Å². The van der Waals surface area contributed by atoms with Crippen LogP contribution in [0.4, 0.5) is 4.79 Å². The number of nitrogens with zero attached hydrogens (tertiary/aromatic N) is 5. The maximum Gasteiger partial charge on any atom is 0.317 e. The van der Waals surface area contributed by atoms with Crippen molar-refractivity contribution in [3.8, 4) is 0 Å². The van der Waals surface area contributed by atoms with E-state index in [1.807, 2.05) is 9.58 Å². The molecule has 1 aliphatic heterocycles. The van der Waals surface area contributed by atoms with Crippen molar-refractivity contribution in [3.63, 3.8) is 0 Å². The summed E-state index contributed by atoms with van der Waals surface area (Å²) in [6.07, 6.45) is 3.29. The number of hydrogen-bond acceptors (Lipinski definition) is 5. The Hall–Kier alpha value is -1.93. The minimum Gasteiger partial charge on any atom is -0.333 e. The standard InChI is InChI=1S/C15H22N6OS/c1-13-2-9-23-14(13)10-17-15(22)20-6-3-19(4-7-20)5-8-21-12-16-11-18-21/h2,9,11-12H,3-8,10H2,1H3,(H,17,22). The van der Waals surface area contributed by atoms with Gasteiger partial charge in [0.15, 0.2) is 0 Å². The third kappa shape index (κ3) is 4.29. The second-order valence-corrected chi connectivity index (χ2v) is 6.67. The average molecular weight is 334 g/mol. The van der Waals surface area contributed by atoms with Crippen molar-refractivity contribution in [1.82, 2.24) is 29.9 Å². The Kier molecular flexibility index (Phi) is 5.24. The number of carbonyl (C=O) groups is 1. The first-order valence-corrected chi connectivity index (χ1v) is 8.71. The molecule has 3 rings (SSSR count). The van der Waals surface area contributed by atoms with Gasteiger partial charge in [-0.15, -0.1) is 11.3 Å². The van der Waals surface area contributed by atoms with Crippen molar-refractivity contribution in [2.24, 2.45) is 0 Å². The summed E-state index contributed by atoms with van der Waals surface area (Å²) in [5.74, 6) is 0. The van der Waals surface area contributed by atoms with Crippen molar-refractivity contribution in [3.05, 3.63) is 34.5 Å². The minimum absolute atomic E-state index is 0.0359. The van der Waals surface area contributed by atoms with Crippen molar-refractivity contribution in [1.29, 1.82) is 0 Å². The molecular weight excluding hydrogens is 312 g/mol. The number of aromatic nitrogens is 3. The van der Waals surface area contributed by atoms with Crippen molar-refractivity contribution in [2.45, 2.75) is 20.0 Å². The summed E-state index contributed by atoms with van der Waals surface area (Å²) in [7, 11) is 0. The lowest BCUT2D eigenvalue weighted by atomic mass is 10.3. The molecule has 1 saturated heterocycles. The number of aryl methyl sites for hydroxylation is 1. The van der Waals surface area contributed by atoms with Crippen LogP contribution in [0.5, 0.6) is 0 Å². The van der Waals surface area contributed by atoms with Gasteiger partial charge in [0.1, 0.15) is 12.7 Å². The van der Waals surface area contributed by atoms with Crippen LogP contribution in [0.15, 0.2) is 24.1 Å². The Morgan fingerprint density at radius 2 is 2.13 bits per heavy atom. The molecule has 0 atom stereocenters. The maximum absolute atomic E-state index is 12.2. The van der Waals surface area contributed by atoms with Crippen LogP contribution < -0.4 is 5.32 Å². The fraction of sp³-hybridized carbons (Fsp3) is 0.533. The molecule has 0 bridgehead atoms. The van der Waals surface area contributed by atoms with Crippen LogP contribution >= 0.6 is 11.3 Å². The lowest BCUT2D eigenvalue weighted by Gasteiger charge is -2.34. The third-order valence-corrected chi connectivity index (χ3v) is 5.16. The van der Waals surface area contributed by atoms with Gasteiger partial charge >= 0.3 is 6.03 Å². The largest absolute Gasteiger partial charge is 0.333 e. The molecule has 7 nitrogen and oxygen atoms in total. The van der Waals surface area contributed by atoms with Gasteiger partial charge in [-0.25, -0.2) is 9.78 Å². The molecule has 0 saturated carbocycles. The molecule has 1 aliphatic rings. The van der Waals surface area contributed by atoms with Crippen LogP contribution in [0.3, 0.4) is 0 Å². The molecule has 23 heavy (non-hydrogen) atoms. The predicted molar refractivity (Wildman–Crippen MR) is 89.3 cm³/mol. The number of thiophene rings is 1. The molecule has 3 heterocycles. The van der Waals surface area contributed by atoms with E-state index in [0.29, 0.717) is 6.54 Å². The Morgan fingerprint density at radius 3 is 2.78 bits per heavy atom. The smallest absolute Gasteiger partial charge is 0.317 e. The maximum atomic E-state index is 12.2. The highest BCUT2D eigenvalue weighted by Crippen LogP contribution is 2.15. The summed E-state index contributed by atoms with van der Waals surface area (Å²) in [6, 6.07) is 2.12. The lowest BCUT2D eigenvalue weighted by Crippen LogP contribution is -2.52. The van der Waals surface area contributed by atoms with Gasteiger partial charge < -0.3 is 10.2 Å². The number of piperazine rings is 1.